The van der Waals surface area contributed by atoms with Gasteiger partial charge in [-0.2, -0.15) is 0 Å². The fourth-order valence-corrected chi connectivity index (χ4v) is 2.45. The van der Waals surface area contributed by atoms with Gasteiger partial charge in [-0.3, -0.25) is 4.79 Å². The van der Waals surface area contributed by atoms with E-state index >= 15 is 0 Å². The van der Waals surface area contributed by atoms with Crippen LogP contribution >= 0.6 is 0 Å². The maximum absolute atomic E-state index is 12.0. The summed E-state index contributed by atoms with van der Waals surface area (Å²) in [6.07, 6.45) is 6.43. The van der Waals surface area contributed by atoms with E-state index in [1.54, 1.807) is 18.3 Å². The van der Waals surface area contributed by atoms with Gasteiger partial charge in [0.25, 0.3) is 5.91 Å². The Labute approximate surface area is 120 Å². The molecule has 1 aliphatic rings. The van der Waals surface area contributed by atoms with E-state index in [0.717, 1.165) is 18.5 Å². The molecule has 1 amide bonds. The van der Waals surface area contributed by atoms with Crippen LogP contribution in [0.1, 0.15) is 48.7 Å². The van der Waals surface area contributed by atoms with Crippen molar-refractivity contribution in [1.82, 2.24) is 10.3 Å². The van der Waals surface area contributed by atoms with Crippen molar-refractivity contribution < 1.29 is 4.79 Å². The van der Waals surface area contributed by atoms with Crippen LogP contribution in [0.3, 0.4) is 0 Å². The minimum Gasteiger partial charge on any atom is -0.350 e. The second-order valence-electron chi connectivity index (χ2n) is 5.33. The van der Waals surface area contributed by atoms with Gasteiger partial charge in [-0.15, -0.1) is 0 Å². The number of hydrogen-bond donors (Lipinski definition) is 2. The van der Waals surface area contributed by atoms with Crippen LogP contribution in [0.2, 0.25) is 0 Å². The molecule has 2 rings (SSSR count). The summed E-state index contributed by atoms with van der Waals surface area (Å²) in [6.45, 7) is 3.26. The van der Waals surface area contributed by atoms with E-state index in [1.165, 1.54) is 19.3 Å². The van der Waals surface area contributed by atoms with Gasteiger partial charge in [0.05, 0.1) is 6.54 Å². The lowest BCUT2D eigenvalue weighted by molar-refractivity contribution is 0.0845. The van der Waals surface area contributed by atoms with Gasteiger partial charge in [0.15, 0.2) is 0 Å². The monoisotopic (exact) mass is 271 g/mol. The first-order valence-corrected chi connectivity index (χ1v) is 7.12. The van der Waals surface area contributed by atoms with Crippen LogP contribution in [0.4, 0.5) is 0 Å². The molecule has 106 valence electrons. The highest BCUT2D eigenvalue weighted by atomic mass is 16.1. The van der Waals surface area contributed by atoms with Crippen molar-refractivity contribution in [3.05, 3.63) is 29.6 Å². The summed E-state index contributed by atoms with van der Waals surface area (Å²) in [6, 6.07) is 3.50. The Balaban J connectivity index is 1.92. The van der Waals surface area contributed by atoms with Crippen LogP contribution in [0.5, 0.6) is 0 Å². The van der Waals surface area contributed by atoms with Crippen molar-refractivity contribution in [2.45, 2.75) is 32.6 Å². The molecular weight excluding hydrogens is 250 g/mol. The molecule has 0 spiro atoms. The molecule has 20 heavy (non-hydrogen) atoms. The van der Waals surface area contributed by atoms with Crippen LogP contribution in [0.15, 0.2) is 18.3 Å². The predicted molar refractivity (Wildman–Crippen MR) is 79.1 cm³/mol. The Morgan fingerprint density at radius 1 is 1.50 bits per heavy atom. The van der Waals surface area contributed by atoms with E-state index in [-0.39, 0.29) is 5.91 Å². The first kappa shape index (κ1) is 14.5. The first-order valence-electron chi connectivity index (χ1n) is 7.12. The number of rotatable bonds is 4. The molecule has 0 atom stereocenters. The van der Waals surface area contributed by atoms with Gasteiger partial charge in [0.2, 0.25) is 0 Å². The van der Waals surface area contributed by atoms with E-state index in [9.17, 15) is 4.79 Å². The Kier molecular flexibility index (Phi) is 4.75. The maximum Gasteiger partial charge on any atom is 0.269 e. The van der Waals surface area contributed by atoms with E-state index in [2.05, 4.69) is 29.1 Å². The van der Waals surface area contributed by atoms with E-state index in [4.69, 9.17) is 5.73 Å². The first-order chi connectivity index (χ1) is 9.69. The molecular formula is C16H21N3O. The van der Waals surface area contributed by atoms with Crippen LogP contribution in [0.25, 0.3) is 0 Å². The minimum atomic E-state index is -0.108. The summed E-state index contributed by atoms with van der Waals surface area (Å²) in [5.41, 5.74) is 6.84. The smallest absolute Gasteiger partial charge is 0.269 e. The lowest BCUT2D eigenvalue weighted by atomic mass is 9.67. The van der Waals surface area contributed by atoms with Gasteiger partial charge in [-0.25, -0.2) is 4.98 Å². The zero-order chi connectivity index (χ0) is 14.4. The molecule has 0 aromatic carbocycles. The van der Waals surface area contributed by atoms with Gasteiger partial charge in [0, 0.05) is 18.3 Å². The largest absolute Gasteiger partial charge is 0.350 e. The number of amides is 1. The summed E-state index contributed by atoms with van der Waals surface area (Å²) in [5.74, 6) is 5.53. The highest BCUT2D eigenvalue weighted by Crippen LogP contribution is 2.43. The number of carbonyl (C=O) groups excluding carboxylic acids is 1. The number of pyridine rings is 1. The van der Waals surface area contributed by atoms with Crippen molar-refractivity contribution >= 4 is 5.91 Å². The summed E-state index contributed by atoms with van der Waals surface area (Å²) < 4.78 is 0. The van der Waals surface area contributed by atoms with Crippen molar-refractivity contribution in [2.24, 2.45) is 11.1 Å². The van der Waals surface area contributed by atoms with Crippen LogP contribution in [0, 0.1) is 17.3 Å². The highest BCUT2D eigenvalue weighted by Gasteiger charge is 2.35. The highest BCUT2D eigenvalue weighted by molar-refractivity contribution is 5.92. The number of nitrogens with zero attached hydrogens (tertiary/aromatic N) is 1. The fourth-order valence-electron chi connectivity index (χ4n) is 2.45. The molecule has 1 saturated carbocycles. The molecule has 4 heteroatoms. The topological polar surface area (TPSA) is 68.0 Å². The van der Waals surface area contributed by atoms with Crippen molar-refractivity contribution in [3.63, 3.8) is 0 Å². The van der Waals surface area contributed by atoms with E-state index in [1.807, 2.05) is 0 Å². The summed E-state index contributed by atoms with van der Waals surface area (Å²) in [7, 11) is 0. The Morgan fingerprint density at radius 2 is 2.30 bits per heavy atom. The zero-order valence-corrected chi connectivity index (χ0v) is 11.9. The Hall–Kier alpha value is -1.86. The molecule has 1 fully saturated rings. The average Bonchev–Trinajstić information content (AvgIpc) is 2.45. The molecule has 3 N–H and O–H groups in total. The van der Waals surface area contributed by atoms with Gasteiger partial charge in [0.1, 0.15) is 5.69 Å². The third-order valence-electron chi connectivity index (χ3n) is 4.12. The molecule has 0 saturated heterocycles. The number of nitrogens with one attached hydrogen (secondary N) is 1. The molecule has 1 heterocycles. The third-order valence-corrected chi connectivity index (χ3v) is 4.12. The summed E-state index contributed by atoms with van der Waals surface area (Å²) in [4.78, 5) is 16.2. The van der Waals surface area contributed by atoms with Crippen LogP contribution < -0.4 is 11.1 Å². The van der Waals surface area contributed by atoms with Gasteiger partial charge < -0.3 is 11.1 Å². The summed E-state index contributed by atoms with van der Waals surface area (Å²) in [5, 5.41) is 3.00. The lowest BCUT2D eigenvalue weighted by Crippen LogP contribution is -2.41. The number of nitrogens with two attached hydrogens (primary N) is 1. The molecule has 0 bridgehead atoms. The van der Waals surface area contributed by atoms with Crippen molar-refractivity contribution in [2.75, 3.05) is 13.1 Å². The number of hydrogen-bond acceptors (Lipinski definition) is 3. The average molecular weight is 271 g/mol. The van der Waals surface area contributed by atoms with Crippen molar-refractivity contribution in [1.29, 1.82) is 0 Å². The molecule has 4 nitrogen and oxygen atoms in total. The van der Waals surface area contributed by atoms with Crippen LogP contribution in [-0.4, -0.2) is 24.0 Å². The molecule has 0 aliphatic heterocycles. The second-order valence-corrected chi connectivity index (χ2v) is 5.33. The second kappa shape index (κ2) is 6.53. The minimum absolute atomic E-state index is 0.108. The van der Waals surface area contributed by atoms with E-state index in [0.29, 0.717) is 17.7 Å². The van der Waals surface area contributed by atoms with Crippen LogP contribution in [-0.2, 0) is 0 Å². The third kappa shape index (κ3) is 3.37. The summed E-state index contributed by atoms with van der Waals surface area (Å²) >= 11 is 0. The Morgan fingerprint density at radius 3 is 2.80 bits per heavy atom. The molecule has 1 aliphatic carbocycles. The number of carbonyl (C=O) groups is 1. The standard InChI is InChI=1S/C16H21N3O/c1-2-16(8-4-9-16)12-19-15(20)14-7-6-13(11-18-14)5-3-10-17/h6-7,11H,2,4,8-10,12,17H2,1H3,(H,19,20). The molecule has 0 radical (unpaired) electrons. The zero-order valence-electron chi connectivity index (χ0n) is 11.9. The normalized spacial score (nSPS) is 15.7. The van der Waals surface area contributed by atoms with Gasteiger partial charge >= 0.3 is 0 Å². The van der Waals surface area contributed by atoms with E-state index < -0.39 is 0 Å². The lowest BCUT2D eigenvalue weighted by Gasteiger charge is -2.41. The van der Waals surface area contributed by atoms with Gasteiger partial charge in [-0.1, -0.05) is 25.2 Å². The molecule has 0 unspecified atom stereocenters. The fraction of sp³-hybridized carbons (Fsp3) is 0.500. The molecule has 1 aromatic heterocycles. The number of aromatic nitrogens is 1. The quantitative estimate of drug-likeness (QED) is 0.819. The van der Waals surface area contributed by atoms with Crippen molar-refractivity contribution in [3.8, 4) is 11.8 Å². The maximum atomic E-state index is 12.0. The van der Waals surface area contributed by atoms with Gasteiger partial charge in [-0.05, 0) is 36.8 Å². The molecule has 1 aromatic rings. The SMILES string of the molecule is CCC1(CNC(=O)c2ccc(C#CCN)cn2)CCC1. The predicted octanol–water partition coefficient (Wildman–Crippen LogP) is 1.70. The Bertz CT molecular complexity index is 515.